The van der Waals surface area contributed by atoms with Gasteiger partial charge in [-0.05, 0) is 43.9 Å². The summed E-state index contributed by atoms with van der Waals surface area (Å²) in [5, 5.41) is 3.53. The number of nitrogens with one attached hydrogen (secondary N) is 1. The van der Waals surface area contributed by atoms with Gasteiger partial charge in [-0.25, -0.2) is 0 Å². The van der Waals surface area contributed by atoms with Crippen LogP contribution in [-0.2, 0) is 6.42 Å². The summed E-state index contributed by atoms with van der Waals surface area (Å²) in [6.45, 7) is 9.64. The SMILES string of the molecule is CCCCOc1ccc(CCC(C)NC(C)C)cc1. The van der Waals surface area contributed by atoms with Crippen LogP contribution in [0.3, 0.4) is 0 Å². The molecule has 1 aromatic carbocycles. The van der Waals surface area contributed by atoms with Gasteiger partial charge in [0.2, 0.25) is 0 Å². The first-order valence-corrected chi connectivity index (χ1v) is 7.59. The second-order valence-corrected chi connectivity index (χ2v) is 5.61. The predicted octanol–water partition coefficient (Wildman–Crippen LogP) is 4.18. The van der Waals surface area contributed by atoms with E-state index in [1.165, 1.54) is 18.4 Å². The molecule has 0 amide bonds. The monoisotopic (exact) mass is 263 g/mol. The summed E-state index contributed by atoms with van der Waals surface area (Å²) in [4.78, 5) is 0. The first-order chi connectivity index (χ1) is 9.11. The van der Waals surface area contributed by atoms with Gasteiger partial charge in [0.05, 0.1) is 6.61 Å². The summed E-state index contributed by atoms with van der Waals surface area (Å²) in [5.41, 5.74) is 1.39. The Morgan fingerprint density at radius 2 is 1.79 bits per heavy atom. The summed E-state index contributed by atoms with van der Waals surface area (Å²) in [6, 6.07) is 9.67. The highest BCUT2D eigenvalue weighted by Crippen LogP contribution is 2.14. The second kappa shape index (κ2) is 8.98. The van der Waals surface area contributed by atoms with Crippen LogP contribution in [0.1, 0.15) is 52.5 Å². The molecule has 0 radical (unpaired) electrons. The van der Waals surface area contributed by atoms with Crippen molar-refractivity contribution in [3.05, 3.63) is 29.8 Å². The Bertz CT molecular complexity index is 332. The molecule has 1 rings (SSSR count). The van der Waals surface area contributed by atoms with E-state index in [1.54, 1.807) is 0 Å². The largest absolute Gasteiger partial charge is 0.494 e. The molecular formula is C17H29NO. The van der Waals surface area contributed by atoms with Crippen LogP contribution in [0.5, 0.6) is 5.75 Å². The zero-order chi connectivity index (χ0) is 14.1. The molecule has 0 saturated heterocycles. The van der Waals surface area contributed by atoms with Crippen molar-refractivity contribution < 1.29 is 4.74 Å². The summed E-state index contributed by atoms with van der Waals surface area (Å²) in [6.07, 6.45) is 4.60. The molecule has 0 aromatic heterocycles. The molecule has 0 fully saturated rings. The lowest BCUT2D eigenvalue weighted by Crippen LogP contribution is -2.32. The molecule has 0 spiro atoms. The van der Waals surface area contributed by atoms with E-state index in [4.69, 9.17) is 4.74 Å². The third kappa shape index (κ3) is 7.22. The van der Waals surface area contributed by atoms with Gasteiger partial charge in [-0.1, -0.05) is 39.3 Å². The molecule has 0 aliphatic heterocycles. The van der Waals surface area contributed by atoms with Gasteiger partial charge in [0.1, 0.15) is 5.75 Å². The van der Waals surface area contributed by atoms with Crippen molar-refractivity contribution in [1.29, 1.82) is 0 Å². The number of ether oxygens (including phenoxy) is 1. The molecule has 0 heterocycles. The Balaban J connectivity index is 2.31. The van der Waals surface area contributed by atoms with Gasteiger partial charge < -0.3 is 10.1 Å². The van der Waals surface area contributed by atoms with Crippen molar-refractivity contribution in [1.82, 2.24) is 5.32 Å². The van der Waals surface area contributed by atoms with Crippen molar-refractivity contribution in [3.8, 4) is 5.75 Å². The minimum absolute atomic E-state index is 0.560. The lowest BCUT2D eigenvalue weighted by molar-refractivity contribution is 0.309. The summed E-state index contributed by atoms with van der Waals surface area (Å²) in [5.74, 6) is 0.991. The number of aryl methyl sites for hydroxylation is 1. The van der Waals surface area contributed by atoms with Crippen molar-refractivity contribution in [2.75, 3.05) is 6.61 Å². The number of rotatable bonds is 9. The maximum absolute atomic E-state index is 5.67. The van der Waals surface area contributed by atoms with E-state index in [0.717, 1.165) is 25.2 Å². The highest BCUT2D eigenvalue weighted by atomic mass is 16.5. The van der Waals surface area contributed by atoms with Crippen molar-refractivity contribution in [3.63, 3.8) is 0 Å². The number of hydrogen-bond donors (Lipinski definition) is 1. The summed E-state index contributed by atoms with van der Waals surface area (Å²) < 4.78 is 5.67. The van der Waals surface area contributed by atoms with Gasteiger partial charge in [0.15, 0.2) is 0 Å². The fourth-order valence-electron chi connectivity index (χ4n) is 2.12. The third-order valence-corrected chi connectivity index (χ3v) is 3.17. The predicted molar refractivity (Wildman–Crippen MR) is 82.9 cm³/mol. The molecule has 1 aromatic rings. The molecule has 0 aliphatic carbocycles. The number of unbranched alkanes of at least 4 members (excludes halogenated alkanes) is 1. The van der Waals surface area contributed by atoms with E-state index < -0.39 is 0 Å². The Morgan fingerprint density at radius 1 is 1.11 bits per heavy atom. The number of hydrogen-bond acceptors (Lipinski definition) is 2. The Labute approximate surface area is 118 Å². The van der Waals surface area contributed by atoms with Crippen molar-refractivity contribution in [2.24, 2.45) is 0 Å². The van der Waals surface area contributed by atoms with Crippen molar-refractivity contribution >= 4 is 0 Å². The molecule has 1 atom stereocenters. The minimum atomic E-state index is 0.560. The highest BCUT2D eigenvalue weighted by Gasteiger charge is 2.04. The maximum atomic E-state index is 5.67. The minimum Gasteiger partial charge on any atom is -0.494 e. The van der Waals surface area contributed by atoms with Gasteiger partial charge in [0.25, 0.3) is 0 Å². The molecule has 1 N–H and O–H groups in total. The van der Waals surface area contributed by atoms with Crippen LogP contribution in [-0.4, -0.2) is 18.7 Å². The van der Waals surface area contributed by atoms with Gasteiger partial charge in [-0.15, -0.1) is 0 Å². The van der Waals surface area contributed by atoms with Crippen LogP contribution in [0.4, 0.5) is 0 Å². The van der Waals surface area contributed by atoms with Crippen LogP contribution in [0.15, 0.2) is 24.3 Å². The summed E-state index contributed by atoms with van der Waals surface area (Å²) in [7, 11) is 0. The van der Waals surface area contributed by atoms with Crippen LogP contribution < -0.4 is 10.1 Å². The smallest absolute Gasteiger partial charge is 0.119 e. The van der Waals surface area contributed by atoms with Gasteiger partial charge in [-0.3, -0.25) is 0 Å². The normalized spacial score (nSPS) is 12.7. The molecule has 0 bridgehead atoms. The second-order valence-electron chi connectivity index (χ2n) is 5.61. The van der Waals surface area contributed by atoms with E-state index in [9.17, 15) is 0 Å². The molecule has 19 heavy (non-hydrogen) atoms. The van der Waals surface area contributed by atoms with Crippen LogP contribution in [0.25, 0.3) is 0 Å². The third-order valence-electron chi connectivity index (χ3n) is 3.17. The molecule has 2 heteroatoms. The number of benzene rings is 1. The van der Waals surface area contributed by atoms with Gasteiger partial charge in [0, 0.05) is 12.1 Å². The van der Waals surface area contributed by atoms with Gasteiger partial charge in [-0.2, -0.15) is 0 Å². The standard InChI is InChI=1S/C17H29NO/c1-5-6-13-19-17-11-9-16(10-12-17)8-7-15(4)18-14(2)3/h9-12,14-15,18H,5-8,13H2,1-4H3. The zero-order valence-electron chi connectivity index (χ0n) is 12.9. The van der Waals surface area contributed by atoms with E-state index in [2.05, 4.69) is 57.3 Å². The van der Waals surface area contributed by atoms with E-state index in [1.807, 2.05) is 0 Å². The molecular weight excluding hydrogens is 234 g/mol. The fourth-order valence-corrected chi connectivity index (χ4v) is 2.12. The molecule has 0 saturated carbocycles. The topological polar surface area (TPSA) is 21.3 Å². The molecule has 108 valence electrons. The molecule has 0 aliphatic rings. The van der Waals surface area contributed by atoms with Crippen molar-refractivity contribution in [2.45, 2.75) is 65.5 Å². The van der Waals surface area contributed by atoms with Crippen LogP contribution in [0, 0.1) is 0 Å². The first-order valence-electron chi connectivity index (χ1n) is 7.59. The Kier molecular flexibility index (Phi) is 7.57. The summed E-state index contributed by atoms with van der Waals surface area (Å²) >= 11 is 0. The zero-order valence-corrected chi connectivity index (χ0v) is 12.9. The Hall–Kier alpha value is -1.02. The lowest BCUT2D eigenvalue weighted by atomic mass is 10.1. The lowest BCUT2D eigenvalue weighted by Gasteiger charge is -2.16. The maximum Gasteiger partial charge on any atom is 0.119 e. The van der Waals surface area contributed by atoms with Gasteiger partial charge >= 0.3 is 0 Å². The highest BCUT2D eigenvalue weighted by molar-refractivity contribution is 5.27. The average molecular weight is 263 g/mol. The molecule has 2 nitrogen and oxygen atoms in total. The first kappa shape index (κ1) is 16.0. The van der Waals surface area contributed by atoms with E-state index in [0.29, 0.717) is 12.1 Å². The van der Waals surface area contributed by atoms with Crippen LogP contribution in [0.2, 0.25) is 0 Å². The molecule has 1 unspecified atom stereocenters. The van der Waals surface area contributed by atoms with Crippen LogP contribution >= 0.6 is 0 Å². The Morgan fingerprint density at radius 3 is 2.37 bits per heavy atom. The average Bonchev–Trinajstić information content (AvgIpc) is 2.37. The van der Waals surface area contributed by atoms with E-state index in [-0.39, 0.29) is 0 Å². The fraction of sp³-hybridized carbons (Fsp3) is 0.647. The van der Waals surface area contributed by atoms with E-state index >= 15 is 0 Å². The quantitative estimate of drug-likeness (QED) is 0.675.